The van der Waals surface area contributed by atoms with Crippen LogP contribution in [0.5, 0.6) is 0 Å². The zero-order chi connectivity index (χ0) is 25.6. The van der Waals surface area contributed by atoms with E-state index in [0.717, 1.165) is 17.1 Å². The summed E-state index contributed by atoms with van der Waals surface area (Å²) in [7, 11) is 0. The fourth-order valence-corrected chi connectivity index (χ4v) is 6.18. The van der Waals surface area contributed by atoms with E-state index in [2.05, 4.69) is 111 Å². The summed E-state index contributed by atoms with van der Waals surface area (Å²) in [6, 6.07) is 39.1. The molecule has 0 N–H and O–H groups in total. The number of hydrogen-bond acceptors (Lipinski definition) is 2. The highest BCUT2D eigenvalue weighted by atomic mass is 32.1. The predicted octanol–water partition coefficient (Wildman–Crippen LogP) is 10.6. The molecule has 0 spiro atoms. The molecule has 6 aromatic rings. The number of hydrogen-bond donors (Lipinski definition) is 0. The van der Waals surface area contributed by atoms with Crippen molar-refractivity contribution in [2.45, 2.75) is 26.2 Å². The van der Waals surface area contributed by atoms with Gasteiger partial charge in [0.15, 0.2) is 0 Å². The zero-order valence-corrected chi connectivity index (χ0v) is 22.0. The van der Waals surface area contributed by atoms with Gasteiger partial charge >= 0.3 is 0 Å². The lowest BCUT2D eigenvalue weighted by Crippen LogP contribution is -2.19. The maximum Gasteiger partial charge on any atom is 0.125 e. The second-order valence-electron chi connectivity index (χ2n) is 10.4. The number of benzene rings is 5. The Morgan fingerprint density at radius 3 is 2.11 bits per heavy atom. The van der Waals surface area contributed by atoms with Crippen molar-refractivity contribution in [3.8, 4) is 11.1 Å². The first-order valence-corrected chi connectivity index (χ1v) is 13.4. The molecule has 0 saturated heterocycles. The van der Waals surface area contributed by atoms with Crippen LogP contribution in [0.15, 0.2) is 115 Å². The maximum absolute atomic E-state index is 14.5. The Balaban J connectivity index is 1.59. The average Bonchev–Trinajstić information content (AvgIpc) is 3.27. The van der Waals surface area contributed by atoms with Gasteiger partial charge in [0.25, 0.3) is 0 Å². The summed E-state index contributed by atoms with van der Waals surface area (Å²) in [5, 5.41) is 2.52. The van der Waals surface area contributed by atoms with E-state index in [0.29, 0.717) is 0 Å². The highest BCUT2D eigenvalue weighted by Crippen LogP contribution is 2.44. The van der Waals surface area contributed by atoms with Crippen LogP contribution in [0, 0.1) is 5.82 Å². The molecule has 6 rings (SSSR count). The van der Waals surface area contributed by atoms with Gasteiger partial charge in [-0.25, -0.2) is 4.39 Å². The third-order valence-corrected chi connectivity index (χ3v) is 7.97. The number of thiophene rings is 1. The van der Waals surface area contributed by atoms with Gasteiger partial charge in [-0.2, -0.15) is 0 Å². The van der Waals surface area contributed by atoms with Crippen LogP contribution in [0.3, 0.4) is 0 Å². The predicted molar refractivity (Wildman–Crippen MR) is 158 cm³/mol. The summed E-state index contributed by atoms with van der Waals surface area (Å²) >= 11 is 1.80. The molecule has 3 heteroatoms. The highest BCUT2D eigenvalue weighted by Gasteiger charge is 2.25. The number of nitrogens with zero attached hydrogens (tertiary/aromatic N) is 1. The first kappa shape index (κ1) is 23.4. The smallest absolute Gasteiger partial charge is 0.125 e. The summed E-state index contributed by atoms with van der Waals surface area (Å²) in [4.78, 5) is 2.20. The van der Waals surface area contributed by atoms with E-state index in [1.165, 1.54) is 42.9 Å². The summed E-state index contributed by atoms with van der Waals surface area (Å²) in [6.07, 6.45) is 0. The van der Waals surface area contributed by atoms with Gasteiger partial charge in [0, 0.05) is 37.2 Å². The van der Waals surface area contributed by atoms with E-state index in [1.807, 2.05) is 12.1 Å². The van der Waals surface area contributed by atoms with Gasteiger partial charge in [-0.1, -0.05) is 87.5 Å². The van der Waals surface area contributed by atoms with Gasteiger partial charge in [0.05, 0.1) is 0 Å². The van der Waals surface area contributed by atoms with Crippen molar-refractivity contribution in [3.05, 3.63) is 127 Å². The normalized spacial score (nSPS) is 11.8. The molecule has 0 aliphatic carbocycles. The summed E-state index contributed by atoms with van der Waals surface area (Å²) in [6.45, 7) is 6.71. The van der Waals surface area contributed by atoms with Gasteiger partial charge in [-0.15, -0.1) is 11.3 Å². The Kier molecular flexibility index (Phi) is 5.81. The third-order valence-electron chi connectivity index (χ3n) is 6.84. The van der Waals surface area contributed by atoms with Crippen LogP contribution in [0.25, 0.3) is 31.3 Å². The van der Waals surface area contributed by atoms with E-state index in [1.54, 1.807) is 23.5 Å². The second kappa shape index (κ2) is 9.17. The Hall–Kier alpha value is -3.95. The van der Waals surface area contributed by atoms with Gasteiger partial charge in [-0.05, 0) is 70.6 Å². The average molecular weight is 502 g/mol. The van der Waals surface area contributed by atoms with E-state index >= 15 is 0 Å². The van der Waals surface area contributed by atoms with Gasteiger partial charge < -0.3 is 4.90 Å². The van der Waals surface area contributed by atoms with E-state index in [4.69, 9.17) is 0 Å². The lowest BCUT2D eigenvalue weighted by Gasteiger charge is -2.32. The molecule has 5 aromatic carbocycles. The lowest BCUT2D eigenvalue weighted by atomic mass is 9.83. The zero-order valence-electron chi connectivity index (χ0n) is 21.2. The monoisotopic (exact) mass is 501 g/mol. The Bertz CT molecular complexity index is 1730. The largest absolute Gasteiger partial charge is 0.310 e. The summed E-state index contributed by atoms with van der Waals surface area (Å²) in [5.74, 6) is -0.247. The lowest BCUT2D eigenvalue weighted by molar-refractivity contribution is 0.591. The minimum absolute atomic E-state index is 0.132. The molecular formula is C34H28FNS. The molecule has 1 nitrogen and oxygen atoms in total. The maximum atomic E-state index is 14.5. The standard InChI is InChI=1S/C34H28FNS/c1-34(2,3)30-20-24(23-10-5-4-6-11-23)16-19-31(30)36(26-13-9-12-25(35)21-26)27-17-18-29-28-14-7-8-15-32(28)37-33(29)22-27/h4-22H,1-3H3. The molecule has 0 aliphatic heterocycles. The minimum Gasteiger partial charge on any atom is -0.310 e. The molecule has 1 heterocycles. The number of anilines is 3. The fourth-order valence-electron chi connectivity index (χ4n) is 5.04. The SMILES string of the molecule is CC(C)(C)c1cc(-c2ccccc2)ccc1N(c1cccc(F)c1)c1ccc2c(c1)sc1ccccc12. The van der Waals surface area contributed by atoms with Crippen LogP contribution >= 0.6 is 11.3 Å². The molecule has 0 aliphatic rings. The molecule has 0 amide bonds. The van der Waals surface area contributed by atoms with Crippen LogP contribution < -0.4 is 4.90 Å². The molecule has 0 saturated carbocycles. The first-order valence-electron chi connectivity index (χ1n) is 12.6. The molecule has 0 unspecified atom stereocenters. The van der Waals surface area contributed by atoms with Gasteiger partial charge in [0.1, 0.15) is 5.82 Å². The van der Waals surface area contributed by atoms with Crippen LogP contribution in [-0.4, -0.2) is 0 Å². The van der Waals surface area contributed by atoms with Crippen molar-refractivity contribution < 1.29 is 4.39 Å². The van der Waals surface area contributed by atoms with Crippen molar-refractivity contribution in [2.24, 2.45) is 0 Å². The van der Waals surface area contributed by atoms with Crippen LogP contribution in [0.1, 0.15) is 26.3 Å². The number of rotatable bonds is 4. The van der Waals surface area contributed by atoms with Crippen molar-refractivity contribution in [1.29, 1.82) is 0 Å². The van der Waals surface area contributed by atoms with Crippen LogP contribution in [-0.2, 0) is 5.41 Å². The quantitative estimate of drug-likeness (QED) is 0.232. The minimum atomic E-state index is -0.247. The van der Waals surface area contributed by atoms with Crippen molar-refractivity contribution in [2.75, 3.05) is 4.90 Å². The molecule has 0 fully saturated rings. The molecule has 37 heavy (non-hydrogen) atoms. The van der Waals surface area contributed by atoms with E-state index < -0.39 is 0 Å². The van der Waals surface area contributed by atoms with Gasteiger partial charge in [-0.3, -0.25) is 0 Å². The van der Waals surface area contributed by atoms with Crippen molar-refractivity contribution in [3.63, 3.8) is 0 Å². The Morgan fingerprint density at radius 1 is 0.595 bits per heavy atom. The molecule has 1 aromatic heterocycles. The molecule has 182 valence electrons. The summed E-state index contributed by atoms with van der Waals surface area (Å²) in [5.41, 5.74) is 6.30. The topological polar surface area (TPSA) is 3.24 Å². The molecular weight excluding hydrogens is 473 g/mol. The van der Waals surface area contributed by atoms with Gasteiger partial charge in [0.2, 0.25) is 0 Å². The second-order valence-corrected chi connectivity index (χ2v) is 11.5. The number of fused-ring (bicyclic) bond motifs is 3. The third kappa shape index (κ3) is 4.41. The fraction of sp³-hybridized carbons (Fsp3) is 0.118. The van der Waals surface area contributed by atoms with Crippen molar-refractivity contribution >= 4 is 48.6 Å². The molecule has 0 bridgehead atoms. The first-order chi connectivity index (χ1) is 17.9. The Labute approximate surface area is 221 Å². The highest BCUT2D eigenvalue weighted by molar-refractivity contribution is 7.25. The van der Waals surface area contributed by atoms with E-state index in [-0.39, 0.29) is 11.2 Å². The van der Waals surface area contributed by atoms with Crippen molar-refractivity contribution in [1.82, 2.24) is 0 Å². The van der Waals surface area contributed by atoms with Crippen LogP contribution in [0.2, 0.25) is 0 Å². The number of halogens is 1. The van der Waals surface area contributed by atoms with E-state index in [9.17, 15) is 4.39 Å². The van der Waals surface area contributed by atoms with Crippen LogP contribution in [0.4, 0.5) is 21.5 Å². The molecule has 0 atom stereocenters. The Morgan fingerprint density at radius 2 is 1.32 bits per heavy atom. The summed E-state index contributed by atoms with van der Waals surface area (Å²) < 4.78 is 17.0. The molecule has 0 radical (unpaired) electrons.